The second kappa shape index (κ2) is 5.68. The molecule has 0 saturated heterocycles. The summed E-state index contributed by atoms with van der Waals surface area (Å²) >= 11 is 5.77. The second-order valence-electron chi connectivity index (χ2n) is 3.31. The van der Waals surface area contributed by atoms with Crippen molar-refractivity contribution < 1.29 is 4.79 Å². The molecule has 0 bridgehead atoms. The maximum Gasteiger partial charge on any atom is 0.229 e. The molecule has 0 spiro atoms. The van der Waals surface area contributed by atoms with Crippen LogP contribution in [-0.2, 0) is 4.79 Å². The normalized spacial score (nSPS) is 12.2. The van der Waals surface area contributed by atoms with E-state index in [1.807, 2.05) is 6.92 Å². The average Bonchev–Trinajstić information content (AvgIpc) is 2.18. The van der Waals surface area contributed by atoms with Crippen molar-refractivity contribution in [3.8, 4) is 0 Å². The summed E-state index contributed by atoms with van der Waals surface area (Å²) in [7, 11) is 1.81. The van der Waals surface area contributed by atoms with Crippen molar-refractivity contribution in [2.24, 2.45) is 5.92 Å². The number of nitrogens with zero attached hydrogens (tertiary/aromatic N) is 1. The molecule has 1 unspecified atom stereocenters. The average molecular weight is 228 g/mol. The van der Waals surface area contributed by atoms with Gasteiger partial charge in [-0.3, -0.25) is 4.79 Å². The van der Waals surface area contributed by atoms with Gasteiger partial charge in [0.15, 0.2) is 0 Å². The van der Waals surface area contributed by atoms with E-state index in [1.54, 1.807) is 25.4 Å². The van der Waals surface area contributed by atoms with Gasteiger partial charge in [0.05, 0.1) is 0 Å². The number of carbonyl (C=O) groups excluding carboxylic acids is 1. The predicted molar refractivity (Wildman–Crippen MR) is 61.0 cm³/mol. The van der Waals surface area contributed by atoms with Gasteiger partial charge in [0.2, 0.25) is 5.91 Å². The lowest BCUT2D eigenvalue weighted by atomic mass is 10.1. The lowest BCUT2D eigenvalue weighted by Crippen LogP contribution is -2.28. The number of hydrogen-bond donors (Lipinski definition) is 2. The number of pyridine rings is 1. The monoisotopic (exact) mass is 227 g/mol. The highest BCUT2D eigenvalue weighted by Gasteiger charge is 2.12. The van der Waals surface area contributed by atoms with E-state index >= 15 is 0 Å². The van der Waals surface area contributed by atoms with Gasteiger partial charge in [0.1, 0.15) is 5.82 Å². The van der Waals surface area contributed by atoms with Crippen LogP contribution in [0.4, 0.5) is 5.82 Å². The summed E-state index contributed by atoms with van der Waals surface area (Å²) < 4.78 is 0. The number of aromatic nitrogens is 1. The van der Waals surface area contributed by atoms with Crippen LogP contribution in [0.3, 0.4) is 0 Å². The third-order valence-corrected chi connectivity index (χ3v) is 2.17. The number of rotatable bonds is 4. The molecule has 82 valence electrons. The zero-order valence-electron chi connectivity index (χ0n) is 8.75. The van der Waals surface area contributed by atoms with Gasteiger partial charge in [0.25, 0.3) is 0 Å². The van der Waals surface area contributed by atoms with Gasteiger partial charge in [-0.25, -0.2) is 4.98 Å². The molecule has 1 aromatic heterocycles. The van der Waals surface area contributed by atoms with Crippen LogP contribution >= 0.6 is 11.6 Å². The predicted octanol–water partition coefficient (Wildman–Crippen LogP) is 1.53. The molecule has 0 aromatic carbocycles. The molecule has 2 N–H and O–H groups in total. The Balaban J connectivity index is 2.58. The molecule has 0 aliphatic rings. The number of carbonyl (C=O) groups is 1. The van der Waals surface area contributed by atoms with Crippen LogP contribution in [0.1, 0.15) is 6.92 Å². The van der Waals surface area contributed by atoms with E-state index in [4.69, 9.17) is 11.6 Å². The Labute approximate surface area is 94.0 Å². The summed E-state index contributed by atoms with van der Waals surface area (Å²) in [5, 5.41) is 6.19. The van der Waals surface area contributed by atoms with E-state index in [-0.39, 0.29) is 11.8 Å². The first-order chi connectivity index (χ1) is 7.13. The lowest BCUT2D eigenvalue weighted by Gasteiger charge is -2.10. The quantitative estimate of drug-likeness (QED) is 0.820. The largest absolute Gasteiger partial charge is 0.319 e. The molecule has 0 aliphatic carbocycles. The van der Waals surface area contributed by atoms with Gasteiger partial charge < -0.3 is 10.6 Å². The second-order valence-corrected chi connectivity index (χ2v) is 3.74. The highest BCUT2D eigenvalue weighted by molar-refractivity contribution is 6.30. The third-order valence-electron chi connectivity index (χ3n) is 1.93. The fraction of sp³-hybridized carbons (Fsp3) is 0.400. The molecule has 0 radical (unpaired) electrons. The molecule has 5 heteroatoms. The van der Waals surface area contributed by atoms with Crippen LogP contribution in [0.25, 0.3) is 0 Å². The Bertz CT molecular complexity index is 343. The van der Waals surface area contributed by atoms with E-state index in [9.17, 15) is 4.79 Å². The van der Waals surface area contributed by atoms with Crippen molar-refractivity contribution in [3.05, 3.63) is 23.4 Å². The Morgan fingerprint density at radius 3 is 3.00 bits per heavy atom. The van der Waals surface area contributed by atoms with Crippen LogP contribution in [0, 0.1) is 5.92 Å². The van der Waals surface area contributed by atoms with E-state index in [0.717, 1.165) is 0 Å². The molecule has 0 saturated carbocycles. The summed E-state index contributed by atoms with van der Waals surface area (Å²) in [6.07, 6.45) is 1.56. The van der Waals surface area contributed by atoms with Gasteiger partial charge in [-0.2, -0.15) is 0 Å². The smallest absolute Gasteiger partial charge is 0.229 e. The maximum atomic E-state index is 11.6. The van der Waals surface area contributed by atoms with Crippen molar-refractivity contribution in [1.29, 1.82) is 0 Å². The van der Waals surface area contributed by atoms with E-state index in [1.165, 1.54) is 0 Å². The zero-order chi connectivity index (χ0) is 11.3. The molecule has 1 amide bonds. The van der Waals surface area contributed by atoms with Gasteiger partial charge in [-0.15, -0.1) is 0 Å². The van der Waals surface area contributed by atoms with Crippen LogP contribution in [0.2, 0.25) is 5.02 Å². The van der Waals surface area contributed by atoms with Crippen LogP contribution < -0.4 is 10.6 Å². The Morgan fingerprint density at radius 1 is 1.67 bits per heavy atom. The Morgan fingerprint density at radius 2 is 2.40 bits per heavy atom. The van der Waals surface area contributed by atoms with Crippen molar-refractivity contribution in [1.82, 2.24) is 10.3 Å². The molecule has 15 heavy (non-hydrogen) atoms. The number of nitrogens with one attached hydrogen (secondary N) is 2. The van der Waals surface area contributed by atoms with E-state index in [2.05, 4.69) is 15.6 Å². The minimum Gasteiger partial charge on any atom is -0.319 e. The Kier molecular flexibility index (Phi) is 4.52. The Hall–Kier alpha value is -1.13. The van der Waals surface area contributed by atoms with Crippen molar-refractivity contribution in [2.75, 3.05) is 18.9 Å². The highest BCUT2D eigenvalue weighted by atomic mass is 35.5. The summed E-state index contributed by atoms with van der Waals surface area (Å²) in [6.45, 7) is 2.47. The molecular formula is C10H14ClN3O. The van der Waals surface area contributed by atoms with Crippen LogP contribution in [0.5, 0.6) is 0 Å². The zero-order valence-corrected chi connectivity index (χ0v) is 9.51. The molecule has 4 nitrogen and oxygen atoms in total. The molecule has 1 atom stereocenters. The van der Waals surface area contributed by atoms with E-state index in [0.29, 0.717) is 17.4 Å². The third kappa shape index (κ3) is 3.85. The van der Waals surface area contributed by atoms with Gasteiger partial charge >= 0.3 is 0 Å². The maximum absolute atomic E-state index is 11.6. The van der Waals surface area contributed by atoms with Crippen molar-refractivity contribution >= 4 is 23.3 Å². The summed E-state index contributed by atoms with van der Waals surface area (Å²) in [5.41, 5.74) is 0. The van der Waals surface area contributed by atoms with Gasteiger partial charge in [0, 0.05) is 23.7 Å². The lowest BCUT2D eigenvalue weighted by molar-refractivity contribution is -0.119. The van der Waals surface area contributed by atoms with Gasteiger partial charge in [-0.1, -0.05) is 18.5 Å². The molecule has 1 aromatic rings. The number of amides is 1. The number of anilines is 1. The standard InChI is InChI=1S/C10H14ClN3O/c1-7(6-12-2)10(15)14-9-5-8(11)3-4-13-9/h3-5,7,12H,6H2,1-2H3,(H,13,14,15). The molecule has 0 fully saturated rings. The minimum absolute atomic E-state index is 0.0703. The van der Waals surface area contributed by atoms with E-state index < -0.39 is 0 Å². The highest BCUT2D eigenvalue weighted by Crippen LogP contribution is 2.12. The first kappa shape index (κ1) is 11.9. The fourth-order valence-electron chi connectivity index (χ4n) is 1.12. The summed E-state index contributed by atoms with van der Waals surface area (Å²) in [5.74, 6) is 0.311. The minimum atomic E-state index is -0.101. The fourth-order valence-corrected chi connectivity index (χ4v) is 1.28. The van der Waals surface area contributed by atoms with Crippen LogP contribution in [0.15, 0.2) is 18.3 Å². The number of hydrogen-bond acceptors (Lipinski definition) is 3. The van der Waals surface area contributed by atoms with Gasteiger partial charge in [-0.05, 0) is 19.2 Å². The number of halogens is 1. The summed E-state index contributed by atoms with van der Waals surface area (Å²) in [4.78, 5) is 15.6. The molecular weight excluding hydrogens is 214 g/mol. The van der Waals surface area contributed by atoms with Crippen molar-refractivity contribution in [2.45, 2.75) is 6.92 Å². The first-order valence-electron chi connectivity index (χ1n) is 4.70. The topological polar surface area (TPSA) is 54.0 Å². The summed E-state index contributed by atoms with van der Waals surface area (Å²) in [6, 6.07) is 3.28. The van der Waals surface area contributed by atoms with Crippen LogP contribution in [-0.4, -0.2) is 24.5 Å². The first-order valence-corrected chi connectivity index (χ1v) is 5.08. The molecule has 0 aliphatic heterocycles. The molecule has 1 heterocycles. The van der Waals surface area contributed by atoms with Crippen molar-refractivity contribution in [3.63, 3.8) is 0 Å². The SMILES string of the molecule is CNCC(C)C(=O)Nc1cc(Cl)ccn1. The molecule has 1 rings (SSSR count).